The maximum atomic E-state index is 12.1. The number of hydrogen-bond acceptors (Lipinski definition) is 5. The van der Waals surface area contributed by atoms with Gasteiger partial charge in [-0.3, -0.25) is 14.4 Å². The summed E-state index contributed by atoms with van der Waals surface area (Å²) in [6, 6.07) is -1.28. The number of carboxylic acids is 2. The zero-order chi connectivity index (χ0) is 26.3. The van der Waals surface area contributed by atoms with Crippen molar-refractivity contribution in [3.05, 3.63) is 0 Å². The van der Waals surface area contributed by atoms with E-state index in [1.807, 2.05) is 0 Å². The second-order valence-corrected chi connectivity index (χ2v) is 9.90. The predicted octanol–water partition coefficient (Wildman–Crippen LogP) is 5.10. The van der Waals surface area contributed by atoms with E-state index in [0.717, 1.165) is 38.5 Å². The van der Waals surface area contributed by atoms with Crippen molar-refractivity contribution < 1.29 is 29.4 Å². The average Bonchev–Trinajstić information content (AvgIpc) is 2.80. The van der Waals surface area contributed by atoms with Gasteiger partial charge in [-0.1, -0.05) is 77.0 Å². The molecule has 0 aliphatic heterocycles. The molecule has 0 radical (unpaired) electrons. The zero-order valence-electron chi connectivity index (χ0n) is 21.6. The third kappa shape index (κ3) is 22.6. The molecule has 9 heteroatoms. The number of unbranched alkanes of at least 4 members (excludes halogenated alkanes) is 13. The van der Waals surface area contributed by atoms with Crippen LogP contribution in [0.3, 0.4) is 0 Å². The Balaban J connectivity index is 3.56. The molecule has 0 aromatic carbocycles. The van der Waals surface area contributed by atoms with Gasteiger partial charge in [0.25, 0.3) is 0 Å². The molecule has 0 aromatic heterocycles. The van der Waals surface area contributed by atoms with Crippen LogP contribution in [-0.4, -0.2) is 51.8 Å². The Morgan fingerprint density at radius 2 is 1.11 bits per heavy atom. The Labute approximate surface area is 216 Å². The summed E-state index contributed by atoms with van der Waals surface area (Å²) in [5.41, 5.74) is 0. The summed E-state index contributed by atoms with van der Waals surface area (Å²) in [5.74, 6) is -1.95. The number of thiol groups is 1. The SMILES string of the molecule is C[C@H](NCCC[C@H](NC(=O)CCCCCCCCCCCCCCCCC(=O)O)C(=O)O)C(=O)S. The first-order valence-corrected chi connectivity index (χ1v) is 13.9. The minimum Gasteiger partial charge on any atom is -0.481 e. The lowest BCUT2D eigenvalue weighted by Gasteiger charge is -2.15. The predicted molar refractivity (Wildman–Crippen MR) is 142 cm³/mol. The van der Waals surface area contributed by atoms with E-state index in [1.54, 1.807) is 6.92 Å². The summed E-state index contributed by atoms with van der Waals surface area (Å²) in [4.78, 5) is 45.0. The van der Waals surface area contributed by atoms with E-state index in [4.69, 9.17) is 5.11 Å². The van der Waals surface area contributed by atoms with Crippen LogP contribution in [-0.2, 0) is 19.2 Å². The fourth-order valence-electron chi connectivity index (χ4n) is 3.92. The van der Waals surface area contributed by atoms with Gasteiger partial charge in [0.15, 0.2) is 0 Å². The molecule has 0 aliphatic carbocycles. The van der Waals surface area contributed by atoms with Gasteiger partial charge < -0.3 is 20.8 Å². The van der Waals surface area contributed by atoms with Crippen LogP contribution in [0.2, 0.25) is 0 Å². The maximum absolute atomic E-state index is 12.1. The van der Waals surface area contributed by atoms with Gasteiger partial charge in [-0.05, 0) is 39.2 Å². The van der Waals surface area contributed by atoms with E-state index in [1.165, 1.54) is 51.4 Å². The molecule has 35 heavy (non-hydrogen) atoms. The summed E-state index contributed by atoms with van der Waals surface area (Å²) in [6.07, 6.45) is 17.2. The third-order valence-electron chi connectivity index (χ3n) is 6.17. The van der Waals surface area contributed by atoms with Crippen molar-refractivity contribution in [3.8, 4) is 0 Å². The Kier molecular flexibility index (Phi) is 21.8. The number of carboxylic acid groups (broad SMARTS) is 2. The van der Waals surface area contributed by atoms with Gasteiger partial charge in [-0.15, -0.1) is 12.6 Å². The van der Waals surface area contributed by atoms with Crippen molar-refractivity contribution in [2.75, 3.05) is 6.54 Å². The van der Waals surface area contributed by atoms with Gasteiger partial charge in [-0.2, -0.15) is 0 Å². The van der Waals surface area contributed by atoms with Gasteiger partial charge >= 0.3 is 11.9 Å². The monoisotopic (exact) mass is 516 g/mol. The molecule has 0 fully saturated rings. The summed E-state index contributed by atoms with van der Waals surface area (Å²) in [6.45, 7) is 2.19. The lowest BCUT2D eigenvalue weighted by atomic mass is 10.0. The van der Waals surface area contributed by atoms with Crippen molar-refractivity contribution in [2.24, 2.45) is 0 Å². The second kappa shape index (κ2) is 22.8. The van der Waals surface area contributed by atoms with Crippen LogP contribution in [0, 0.1) is 0 Å². The summed E-state index contributed by atoms with van der Waals surface area (Å²) in [5, 5.41) is 23.2. The zero-order valence-corrected chi connectivity index (χ0v) is 22.5. The van der Waals surface area contributed by atoms with Crippen molar-refractivity contribution in [3.63, 3.8) is 0 Å². The van der Waals surface area contributed by atoms with Crippen LogP contribution in [0.1, 0.15) is 122 Å². The highest BCUT2D eigenvalue weighted by Crippen LogP contribution is 2.14. The first-order valence-electron chi connectivity index (χ1n) is 13.4. The lowest BCUT2D eigenvalue weighted by molar-refractivity contribution is -0.142. The van der Waals surface area contributed by atoms with Gasteiger partial charge in [0.1, 0.15) is 6.04 Å². The molecule has 8 nitrogen and oxygen atoms in total. The Morgan fingerprint density at radius 1 is 0.686 bits per heavy atom. The van der Waals surface area contributed by atoms with Gasteiger partial charge in [0.2, 0.25) is 11.0 Å². The third-order valence-corrected chi connectivity index (χ3v) is 6.56. The molecular formula is C26H48N2O6S. The maximum Gasteiger partial charge on any atom is 0.326 e. The first-order chi connectivity index (χ1) is 16.7. The summed E-state index contributed by atoms with van der Waals surface area (Å²) in [7, 11) is 0. The largest absolute Gasteiger partial charge is 0.481 e. The molecule has 1 amide bonds. The number of nitrogens with one attached hydrogen (secondary N) is 2. The fourth-order valence-corrected chi connectivity index (χ4v) is 4.01. The number of amides is 1. The number of carbonyl (C=O) groups excluding carboxylic acids is 2. The lowest BCUT2D eigenvalue weighted by Crippen LogP contribution is -2.41. The van der Waals surface area contributed by atoms with Crippen LogP contribution >= 0.6 is 12.6 Å². The van der Waals surface area contributed by atoms with Gasteiger partial charge in [0, 0.05) is 12.8 Å². The molecule has 0 bridgehead atoms. The molecule has 0 rings (SSSR count). The van der Waals surface area contributed by atoms with Crippen molar-refractivity contribution in [1.29, 1.82) is 0 Å². The highest BCUT2D eigenvalue weighted by molar-refractivity contribution is 7.96. The van der Waals surface area contributed by atoms with Gasteiger partial charge in [-0.25, -0.2) is 4.79 Å². The van der Waals surface area contributed by atoms with E-state index in [9.17, 15) is 24.3 Å². The molecule has 204 valence electrons. The van der Waals surface area contributed by atoms with Crippen molar-refractivity contribution >= 4 is 35.6 Å². The van der Waals surface area contributed by atoms with Crippen LogP contribution in [0.25, 0.3) is 0 Å². The first kappa shape index (κ1) is 33.4. The topological polar surface area (TPSA) is 133 Å². The number of aliphatic carboxylic acids is 2. The van der Waals surface area contributed by atoms with Crippen LogP contribution in [0.15, 0.2) is 0 Å². The molecular weight excluding hydrogens is 468 g/mol. The Hall–Kier alpha value is -1.61. The van der Waals surface area contributed by atoms with Crippen molar-refractivity contribution in [1.82, 2.24) is 10.6 Å². The molecule has 2 atom stereocenters. The molecule has 0 saturated heterocycles. The van der Waals surface area contributed by atoms with E-state index >= 15 is 0 Å². The Bertz CT molecular complexity index is 602. The fraction of sp³-hybridized carbons (Fsp3) is 0.846. The standard InChI is InChI=1S/C26H48N2O6S/c1-21(26(34)35)27-20-16-17-22(25(32)33)28-23(29)18-14-12-10-8-6-4-2-3-5-7-9-11-13-15-19-24(30)31/h21-22,27H,2-20H2,1H3,(H,28,29)(H,30,31)(H,32,33)(H,34,35)/t21-,22-/m0/s1. The molecule has 0 aliphatic rings. The average molecular weight is 517 g/mol. The van der Waals surface area contributed by atoms with Crippen LogP contribution in [0.4, 0.5) is 0 Å². The highest BCUT2D eigenvalue weighted by Gasteiger charge is 2.19. The van der Waals surface area contributed by atoms with Gasteiger partial charge in [0.05, 0.1) is 6.04 Å². The van der Waals surface area contributed by atoms with E-state index in [2.05, 4.69) is 23.3 Å². The molecule has 0 heterocycles. The van der Waals surface area contributed by atoms with E-state index in [-0.39, 0.29) is 17.1 Å². The molecule has 0 unspecified atom stereocenters. The summed E-state index contributed by atoms with van der Waals surface area (Å²) < 4.78 is 0. The van der Waals surface area contributed by atoms with E-state index in [0.29, 0.717) is 32.2 Å². The number of carbonyl (C=O) groups is 4. The quantitative estimate of drug-likeness (QED) is 0.0842. The van der Waals surface area contributed by atoms with Crippen LogP contribution in [0.5, 0.6) is 0 Å². The number of rotatable bonds is 25. The Morgan fingerprint density at radius 3 is 1.51 bits per heavy atom. The molecule has 0 spiro atoms. The molecule has 0 saturated carbocycles. The van der Waals surface area contributed by atoms with Crippen molar-refractivity contribution in [2.45, 2.75) is 135 Å². The minimum absolute atomic E-state index is 0.217. The normalized spacial score (nSPS) is 12.7. The second-order valence-electron chi connectivity index (χ2n) is 9.46. The highest BCUT2D eigenvalue weighted by atomic mass is 32.1. The summed E-state index contributed by atoms with van der Waals surface area (Å²) >= 11 is 3.74. The van der Waals surface area contributed by atoms with E-state index < -0.39 is 18.0 Å². The molecule has 0 aromatic rings. The van der Waals surface area contributed by atoms with Crippen LogP contribution < -0.4 is 10.6 Å². The smallest absolute Gasteiger partial charge is 0.326 e. The number of hydrogen-bond donors (Lipinski definition) is 5. The molecule has 4 N–H and O–H groups in total. The minimum atomic E-state index is -1.03.